The molecule has 3 rings (SSSR count). The number of unbranched alkanes of at least 4 members (excludes halogenated alkanes) is 1. The van der Waals surface area contributed by atoms with Crippen LogP contribution in [-0.2, 0) is 13.0 Å². The molecule has 2 heterocycles. The third-order valence-corrected chi connectivity index (χ3v) is 5.36. The Bertz CT molecular complexity index is 757. The van der Waals surface area contributed by atoms with Gasteiger partial charge in [0.2, 0.25) is 0 Å². The van der Waals surface area contributed by atoms with Gasteiger partial charge in [-0.05, 0) is 37.5 Å². The molecule has 2 aromatic rings. The van der Waals surface area contributed by atoms with Gasteiger partial charge in [-0.15, -0.1) is 11.3 Å². The zero-order valence-corrected chi connectivity index (χ0v) is 15.8. The van der Waals surface area contributed by atoms with Gasteiger partial charge in [0.25, 0.3) is 5.91 Å². The number of carbonyl (C=O) groups is 1. The van der Waals surface area contributed by atoms with E-state index in [1.54, 1.807) is 4.90 Å². The first kappa shape index (κ1) is 17.7. The zero-order valence-electron chi connectivity index (χ0n) is 15.0. The Morgan fingerprint density at radius 1 is 1.28 bits per heavy atom. The Morgan fingerprint density at radius 2 is 2.04 bits per heavy atom. The van der Waals surface area contributed by atoms with E-state index in [-0.39, 0.29) is 5.91 Å². The third-order valence-electron chi connectivity index (χ3n) is 4.15. The molecule has 0 unspecified atom stereocenters. The number of carbonyl (C=O) groups excluding carboxylic acids is 1. The van der Waals surface area contributed by atoms with Gasteiger partial charge in [-0.25, -0.2) is 4.98 Å². The van der Waals surface area contributed by atoms with E-state index in [9.17, 15) is 4.79 Å². The lowest BCUT2D eigenvalue weighted by Gasteiger charge is -2.21. The topological polar surface area (TPSA) is 51.7 Å². The van der Waals surface area contributed by atoms with E-state index >= 15 is 0 Å². The number of hydrogen-bond acceptors (Lipinski definition) is 5. The minimum absolute atomic E-state index is 0.0210. The van der Waals surface area contributed by atoms with Crippen molar-refractivity contribution in [2.45, 2.75) is 39.7 Å². The molecule has 0 spiro atoms. The number of aromatic nitrogens is 1. The Morgan fingerprint density at radius 3 is 2.80 bits per heavy atom. The SMILES string of the molecule is CCCCc1nc(C)c(C(=O)N(C)Cc2ccc3c(c2)OCCO3)s1. The molecule has 1 amide bonds. The normalized spacial score (nSPS) is 12.9. The summed E-state index contributed by atoms with van der Waals surface area (Å²) < 4.78 is 11.2. The number of rotatable bonds is 6. The summed E-state index contributed by atoms with van der Waals surface area (Å²) in [5.41, 5.74) is 1.85. The van der Waals surface area contributed by atoms with Crippen LogP contribution in [0.2, 0.25) is 0 Å². The van der Waals surface area contributed by atoms with Crippen LogP contribution in [0.5, 0.6) is 11.5 Å². The van der Waals surface area contributed by atoms with Gasteiger partial charge in [0, 0.05) is 13.6 Å². The lowest BCUT2D eigenvalue weighted by molar-refractivity contribution is 0.0788. The highest BCUT2D eigenvalue weighted by molar-refractivity contribution is 7.13. The second kappa shape index (κ2) is 7.87. The summed E-state index contributed by atoms with van der Waals surface area (Å²) in [6, 6.07) is 5.83. The number of amides is 1. The fraction of sp³-hybridized carbons (Fsp3) is 0.474. The van der Waals surface area contributed by atoms with Crippen LogP contribution in [0.25, 0.3) is 0 Å². The molecule has 6 heteroatoms. The number of nitrogens with zero attached hydrogens (tertiary/aromatic N) is 2. The number of benzene rings is 1. The van der Waals surface area contributed by atoms with Crippen molar-refractivity contribution in [3.63, 3.8) is 0 Å². The quantitative estimate of drug-likeness (QED) is 0.785. The fourth-order valence-corrected chi connectivity index (χ4v) is 3.89. The average Bonchev–Trinajstić information content (AvgIpc) is 2.99. The van der Waals surface area contributed by atoms with Crippen LogP contribution >= 0.6 is 11.3 Å². The summed E-state index contributed by atoms with van der Waals surface area (Å²) in [7, 11) is 1.82. The number of hydrogen-bond donors (Lipinski definition) is 0. The Labute approximate surface area is 152 Å². The summed E-state index contributed by atoms with van der Waals surface area (Å²) in [6.45, 7) is 5.74. The number of ether oxygens (including phenoxy) is 2. The van der Waals surface area contributed by atoms with Crippen molar-refractivity contribution >= 4 is 17.2 Å². The molecule has 0 atom stereocenters. The molecule has 0 radical (unpaired) electrons. The first-order chi connectivity index (χ1) is 12.1. The maximum atomic E-state index is 12.8. The summed E-state index contributed by atoms with van der Waals surface area (Å²) >= 11 is 1.52. The molecule has 1 aliphatic heterocycles. The van der Waals surface area contributed by atoms with E-state index in [0.717, 1.165) is 51.9 Å². The molecule has 0 N–H and O–H groups in total. The van der Waals surface area contributed by atoms with Gasteiger partial charge in [0.15, 0.2) is 11.5 Å². The van der Waals surface area contributed by atoms with E-state index in [4.69, 9.17) is 9.47 Å². The highest BCUT2D eigenvalue weighted by atomic mass is 32.1. The number of thiazole rings is 1. The van der Waals surface area contributed by atoms with E-state index in [1.165, 1.54) is 11.3 Å². The molecule has 5 nitrogen and oxygen atoms in total. The molecule has 1 aliphatic rings. The molecule has 134 valence electrons. The Hall–Kier alpha value is -2.08. The molecule has 0 saturated carbocycles. The summed E-state index contributed by atoms with van der Waals surface area (Å²) in [6.07, 6.45) is 3.18. The molecule has 0 aliphatic carbocycles. The first-order valence-corrected chi connectivity index (χ1v) is 9.50. The van der Waals surface area contributed by atoms with E-state index in [2.05, 4.69) is 11.9 Å². The van der Waals surface area contributed by atoms with Gasteiger partial charge in [-0.1, -0.05) is 19.4 Å². The smallest absolute Gasteiger partial charge is 0.265 e. The summed E-state index contributed by atoms with van der Waals surface area (Å²) in [5, 5.41) is 1.05. The average molecular weight is 360 g/mol. The van der Waals surface area contributed by atoms with E-state index in [0.29, 0.717) is 19.8 Å². The fourth-order valence-electron chi connectivity index (χ4n) is 2.79. The standard InChI is InChI=1S/C19H24N2O3S/c1-4-5-6-17-20-13(2)18(25-17)19(22)21(3)12-14-7-8-15-16(11-14)24-10-9-23-15/h7-8,11H,4-6,9-10,12H2,1-3H3. The van der Waals surface area contributed by atoms with Crippen molar-refractivity contribution in [2.24, 2.45) is 0 Å². The van der Waals surface area contributed by atoms with Crippen molar-refractivity contribution in [3.8, 4) is 11.5 Å². The highest BCUT2D eigenvalue weighted by Crippen LogP contribution is 2.31. The molecular formula is C19H24N2O3S. The largest absolute Gasteiger partial charge is 0.486 e. The molecule has 0 fully saturated rings. The maximum absolute atomic E-state index is 12.8. The lowest BCUT2D eigenvalue weighted by atomic mass is 10.2. The summed E-state index contributed by atoms with van der Waals surface area (Å²) in [5.74, 6) is 1.54. The predicted molar refractivity (Wildman–Crippen MR) is 98.7 cm³/mol. The minimum atomic E-state index is 0.0210. The third kappa shape index (κ3) is 4.12. The molecule has 0 bridgehead atoms. The van der Waals surface area contributed by atoms with Crippen LogP contribution in [0, 0.1) is 6.92 Å². The van der Waals surface area contributed by atoms with Crippen LogP contribution in [-0.4, -0.2) is 36.1 Å². The van der Waals surface area contributed by atoms with Crippen LogP contribution in [0.4, 0.5) is 0 Å². The Kier molecular flexibility index (Phi) is 5.58. The monoisotopic (exact) mass is 360 g/mol. The van der Waals surface area contributed by atoms with E-state index in [1.807, 2.05) is 32.2 Å². The van der Waals surface area contributed by atoms with Crippen LogP contribution in [0.15, 0.2) is 18.2 Å². The van der Waals surface area contributed by atoms with Gasteiger partial charge >= 0.3 is 0 Å². The molecule has 25 heavy (non-hydrogen) atoms. The van der Waals surface area contributed by atoms with Gasteiger partial charge in [-0.2, -0.15) is 0 Å². The Balaban J connectivity index is 1.69. The van der Waals surface area contributed by atoms with Crippen LogP contribution < -0.4 is 9.47 Å². The molecule has 0 saturated heterocycles. The lowest BCUT2D eigenvalue weighted by Crippen LogP contribution is -2.26. The van der Waals surface area contributed by atoms with Gasteiger partial charge in [-0.3, -0.25) is 4.79 Å². The number of aryl methyl sites for hydroxylation is 2. The maximum Gasteiger partial charge on any atom is 0.265 e. The minimum Gasteiger partial charge on any atom is -0.486 e. The second-order valence-corrected chi connectivity index (χ2v) is 7.35. The first-order valence-electron chi connectivity index (χ1n) is 8.68. The van der Waals surface area contributed by atoms with Crippen molar-refractivity contribution in [1.82, 2.24) is 9.88 Å². The van der Waals surface area contributed by atoms with Crippen molar-refractivity contribution in [3.05, 3.63) is 39.3 Å². The summed E-state index contributed by atoms with van der Waals surface area (Å²) in [4.78, 5) is 19.8. The van der Waals surface area contributed by atoms with Crippen molar-refractivity contribution < 1.29 is 14.3 Å². The van der Waals surface area contributed by atoms with Crippen molar-refractivity contribution in [1.29, 1.82) is 0 Å². The second-order valence-electron chi connectivity index (χ2n) is 6.26. The van der Waals surface area contributed by atoms with Crippen LogP contribution in [0.1, 0.15) is 45.7 Å². The van der Waals surface area contributed by atoms with Crippen molar-refractivity contribution in [2.75, 3.05) is 20.3 Å². The number of fused-ring (bicyclic) bond motifs is 1. The highest BCUT2D eigenvalue weighted by Gasteiger charge is 2.20. The van der Waals surface area contributed by atoms with Gasteiger partial charge in [0.1, 0.15) is 18.1 Å². The molecule has 1 aromatic carbocycles. The zero-order chi connectivity index (χ0) is 17.8. The van der Waals surface area contributed by atoms with Gasteiger partial charge < -0.3 is 14.4 Å². The van der Waals surface area contributed by atoms with Crippen LogP contribution in [0.3, 0.4) is 0 Å². The predicted octanol–water partition coefficient (Wildman–Crippen LogP) is 3.84. The van der Waals surface area contributed by atoms with E-state index < -0.39 is 0 Å². The molecule has 1 aromatic heterocycles. The molecular weight excluding hydrogens is 336 g/mol. The van der Waals surface area contributed by atoms with Gasteiger partial charge in [0.05, 0.1) is 10.7 Å².